The van der Waals surface area contributed by atoms with E-state index in [0.717, 1.165) is 40.1 Å². The number of sulfonamides is 1. The molecule has 41 heavy (non-hydrogen) atoms. The van der Waals surface area contributed by atoms with Crippen LogP contribution in [0.1, 0.15) is 65.3 Å². The van der Waals surface area contributed by atoms with Gasteiger partial charge in [-0.1, -0.05) is 61.5 Å². The van der Waals surface area contributed by atoms with Crippen molar-refractivity contribution in [3.8, 4) is 0 Å². The number of carboxylic acid groups (broad SMARTS) is 1. The lowest BCUT2D eigenvalue weighted by atomic mass is 9.92. The Kier molecular flexibility index (Phi) is 10.7. The first-order valence-corrected chi connectivity index (χ1v) is 15.3. The number of carbonyl (C=O) groups excluding carboxylic acids is 1. The molecule has 0 aliphatic rings. The maximum absolute atomic E-state index is 13.0. The molecule has 10 heteroatoms. The highest BCUT2D eigenvalue weighted by molar-refractivity contribution is 7.92. The summed E-state index contributed by atoms with van der Waals surface area (Å²) >= 11 is 0. The van der Waals surface area contributed by atoms with Gasteiger partial charge in [0.2, 0.25) is 10.0 Å². The number of carbonyl (C=O) groups is 2. The summed E-state index contributed by atoms with van der Waals surface area (Å²) in [5.41, 5.74) is 14.8. The Labute approximate surface area is 242 Å². The zero-order valence-electron chi connectivity index (χ0n) is 23.7. The topological polar surface area (TPSA) is 153 Å². The molecule has 3 rings (SSSR count). The van der Waals surface area contributed by atoms with E-state index in [1.807, 2.05) is 61.5 Å². The molecule has 0 heterocycles. The number of ether oxygens (including phenoxy) is 1. The Morgan fingerprint density at radius 3 is 2.32 bits per heavy atom. The summed E-state index contributed by atoms with van der Waals surface area (Å²) in [6, 6.07) is 21.8. The molecule has 5 N–H and O–H groups in total. The Bertz CT molecular complexity index is 1460. The van der Waals surface area contributed by atoms with Gasteiger partial charge in [0, 0.05) is 19.0 Å². The molecule has 0 fully saturated rings. The number of aryl methyl sites for hydroxylation is 1. The van der Waals surface area contributed by atoms with E-state index in [4.69, 9.17) is 16.2 Å². The lowest BCUT2D eigenvalue weighted by Gasteiger charge is -2.24. The third-order valence-corrected chi connectivity index (χ3v) is 7.90. The van der Waals surface area contributed by atoms with Gasteiger partial charge in [0.05, 0.1) is 17.5 Å². The monoisotopic (exact) mass is 581 g/mol. The van der Waals surface area contributed by atoms with Crippen LogP contribution in [0.15, 0.2) is 72.8 Å². The largest absolute Gasteiger partial charge is 0.478 e. The molecule has 3 aromatic carbocycles. The van der Waals surface area contributed by atoms with Gasteiger partial charge < -0.3 is 21.3 Å². The van der Waals surface area contributed by atoms with Crippen molar-refractivity contribution < 1.29 is 27.9 Å². The van der Waals surface area contributed by atoms with Gasteiger partial charge in [-0.2, -0.15) is 0 Å². The number of nitrogens with zero attached hydrogens (tertiary/aromatic N) is 1. The molecule has 0 saturated heterocycles. The molecule has 0 amide bonds. The van der Waals surface area contributed by atoms with Gasteiger partial charge in [-0.3, -0.25) is 9.10 Å². The van der Waals surface area contributed by atoms with E-state index in [1.165, 1.54) is 18.2 Å². The Morgan fingerprint density at radius 1 is 1.00 bits per heavy atom. The van der Waals surface area contributed by atoms with Crippen molar-refractivity contribution in [1.82, 2.24) is 0 Å². The number of aromatic carboxylic acids is 1. The summed E-state index contributed by atoms with van der Waals surface area (Å²) in [5, 5.41) is 9.57. The third kappa shape index (κ3) is 9.14. The molecule has 9 nitrogen and oxygen atoms in total. The first-order valence-electron chi connectivity index (χ1n) is 13.5. The number of carboxylic acids is 1. The number of benzene rings is 3. The van der Waals surface area contributed by atoms with Crippen molar-refractivity contribution in [1.29, 1.82) is 0 Å². The fourth-order valence-corrected chi connectivity index (χ4v) is 5.61. The van der Waals surface area contributed by atoms with Gasteiger partial charge in [0.1, 0.15) is 12.1 Å². The molecule has 3 aromatic rings. The second kappa shape index (κ2) is 13.8. The highest BCUT2D eigenvalue weighted by Crippen LogP contribution is 2.24. The van der Waals surface area contributed by atoms with Gasteiger partial charge in [-0.05, 0) is 66.6 Å². The zero-order valence-corrected chi connectivity index (χ0v) is 24.6. The summed E-state index contributed by atoms with van der Waals surface area (Å²) < 4.78 is 31.3. The van der Waals surface area contributed by atoms with E-state index in [2.05, 4.69) is 0 Å². The van der Waals surface area contributed by atoms with E-state index in [0.29, 0.717) is 12.0 Å². The van der Waals surface area contributed by atoms with Crippen LogP contribution in [0.5, 0.6) is 0 Å². The highest BCUT2D eigenvalue weighted by atomic mass is 32.2. The average molecular weight is 582 g/mol. The number of nitrogens with two attached hydrogens (primary N) is 2. The van der Waals surface area contributed by atoms with Crippen molar-refractivity contribution in [3.63, 3.8) is 0 Å². The molecule has 0 aliphatic heterocycles. The number of anilines is 1. The molecule has 0 aromatic heterocycles. The van der Waals surface area contributed by atoms with Crippen LogP contribution >= 0.6 is 0 Å². The number of esters is 1. The van der Waals surface area contributed by atoms with E-state index in [-0.39, 0.29) is 36.9 Å². The first-order chi connectivity index (χ1) is 19.3. The van der Waals surface area contributed by atoms with Gasteiger partial charge >= 0.3 is 11.9 Å². The molecule has 0 bridgehead atoms. The maximum Gasteiger partial charge on any atom is 0.335 e. The second-order valence-electron chi connectivity index (χ2n) is 10.6. The Balaban J connectivity index is 1.68. The summed E-state index contributed by atoms with van der Waals surface area (Å²) in [6.07, 6.45) is 3.34. The molecule has 0 radical (unpaired) electrons. The lowest BCUT2D eigenvalue weighted by molar-refractivity contribution is -0.150. The predicted octanol–water partition coefficient (Wildman–Crippen LogP) is 4.20. The van der Waals surface area contributed by atoms with Crippen molar-refractivity contribution in [2.45, 2.75) is 57.7 Å². The quantitative estimate of drug-likeness (QED) is 0.240. The van der Waals surface area contributed by atoms with Crippen LogP contribution in [0.4, 0.5) is 5.69 Å². The fraction of sp³-hybridized carbons (Fsp3) is 0.355. The zero-order chi connectivity index (χ0) is 30.2. The minimum absolute atomic E-state index is 0.0822. The molecular weight excluding hydrogens is 542 g/mol. The van der Waals surface area contributed by atoms with E-state index >= 15 is 0 Å². The molecule has 2 unspecified atom stereocenters. The van der Waals surface area contributed by atoms with Crippen LogP contribution in [-0.4, -0.2) is 43.8 Å². The molecule has 0 aliphatic carbocycles. The number of rotatable bonds is 14. The van der Waals surface area contributed by atoms with Crippen LogP contribution in [0, 0.1) is 0 Å². The van der Waals surface area contributed by atoms with Crippen molar-refractivity contribution in [2.75, 3.05) is 17.1 Å². The summed E-state index contributed by atoms with van der Waals surface area (Å²) in [6.45, 7) is 3.32. The summed E-state index contributed by atoms with van der Waals surface area (Å²) in [7, 11) is -3.65. The summed E-state index contributed by atoms with van der Waals surface area (Å²) in [4.78, 5) is 24.7. The average Bonchev–Trinajstić information content (AvgIpc) is 2.92. The SMILES string of the molecule is CCCN(c1cc(COC(=O)C(C)(N)Cc2cccc(CCC(N)c3ccccc3)c2)cc(C(=O)O)c1)S(C)(=O)=O. The van der Waals surface area contributed by atoms with Gasteiger partial charge in [0.25, 0.3) is 0 Å². The standard InChI is InChI=1S/C31H39N3O6S/c1-4-15-34(41(3,38)39)27-18-24(17-26(19-27)29(35)36)21-40-30(37)31(2,33)20-23-10-8-9-22(16-23)13-14-28(32)25-11-6-5-7-12-25/h5-12,16-19,28H,4,13-15,20-21,32-33H2,1-3H3,(H,35,36). The van der Waals surface area contributed by atoms with Gasteiger partial charge in [-0.15, -0.1) is 0 Å². The Hall–Kier alpha value is -3.73. The maximum atomic E-state index is 13.0. The molecule has 220 valence electrons. The van der Waals surface area contributed by atoms with Crippen LogP contribution in [0.2, 0.25) is 0 Å². The third-order valence-electron chi connectivity index (χ3n) is 6.71. The lowest BCUT2D eigenvalue weighted by Crippen LogP contribution is -2.48. The van der Waals surface area contributed by atoms with Crippen LogP contribution in [0.3, 0.4) is 0 Å². The normalized spacial score (nSPS) is 13.7. The van der Waals surface area contributed by atoms with E-state index in [1.54, 1.807) is 6.92 Å². The van der Waals surface area contributed by atoms with E-state index in [9.17, 15) is 23.1 Å². The second-order valence-corrected chi connectivity index (χ2v) is 12.5. The van der Waals surface area contributed by atoms with E-state index < -0.39 is 27.5 Å². The van der Waals surface area contributed by atoms with Crippen LogP contribution < -0.4 is 15.8 Å². The van der Waals surface area contributed by atoms with Crippen molar-refractivity contribution >= 4 is 27.6 Å². The minimum atomic E-state index is -3.65. The van der Waals surface area contributed by atoms with Crippen LogP contribution in [0.25, 0.3) is 0 Å². The predicted molar refractivity (Wildman–Crippen MR) is 160 cm³/mol. The summed E-state index contributed by atoms with van der Waals surface area (Å²) in [5.74, 6) is -1.89. The molecule has 2 atom stereocenters. The fourth-order valence-electron chi connectivity index (χ4n) is 4.61. The number of hydrogen-bond acceptors (Lipinski definition) is 7. The molecule has 0 saturated carbocycles. The first kappa shape index (κ1) is 31.8. The van der Waals surface area contributed by atoms with Crippen LogP contribution in [-0.2, 0) is 39.0 Å². The molecular formula is C31H39N3O6S. The van der Waals surface area contributed by atoms with Gasteiger partial charge in [0.15, 0.2) is 0 Å². The Morgan fingerprint density at radius 2 is 1.68 bits per heavy atom. The highest BCUT2D eigenvalue weighted by Gasteiger charge is 2.31. The smallest absolute Gasteiger partial charge is 0.335 e. The molecule has 0 spiro atoms. The minimum Gasteiger partial charge on any atom is -0.478 e. The number of hydrogen-bond donors (Lipinski definition) is 3. The van der Waals surface area contributed by atoms with Crippen molar-refractivity contribution in [3.05, 3.63) is 101 Å². The van der Waals surface area contributed by atoms with Crippen molar-refractivity contribution in [2.24, 2.45) is 11.5 Å². The van der Waals surface area contributed by atoms with Gasteiger partial charge in [-0.25, -0.2) is 13.2 Å².